The Kier molecular flexibility index (Phi) is 5.86. The van der Waals surface area contributed by atoms with Crippen LogP contribution in [0.3, 0.4) is 0 Å². The maximum absolute atomic E-state index is 12.4. The van der Waals surface area contributed by atoms with Gasteiger partial charge in [-0.3, -0.25) is 4.79 Å². The van der Waals surface area contributed by atoms with Crippen molar-refractivity contribution in [2.45, 2.75) is 6.42 Å². The van der Waals surface area contributed by atoms with Crippen molar-refractivity contribution in [2.75, 3.05) is 37.7 Å². The van der Waals surface area contributed by atoms with Crippen molar-refractivity contribution in [3.63, 3.8) is 0 Å². The molecule has 1 aromatic heterocycles. The number of piperazine rings is 1. The van der Waals surface area contributed by atoms with Crippen LogP contribution in [-0.2, 0) is 11.2 Å². The average molecular weight is 361 g/mol. The summed E-state index contributed by atoms with van der Waals surface area (Å²) in [5, 5.41) is 17.7. The summed E-state index contributed by atoms with van der Waals surface area (Å²) in [4.78, 5) is 20.5. The van der Waals surface area contributed by atoms with Crippen LogP contribution < -0.4 is 9.64 Å². The van der Waals surface area contributed by atoms with Crippen molar-refractivity contribution in [2.24, 2.45) is 0 Å². The number of amides is 1. The normalized spacial score (nSPS) is 13.6. The first-order chi connectivity index (χ1) is 13.2. The smallest absolute Gasteiger partial charge is 0.260 e. The van der Waals surface area contributed by atoms with Gasteiger partial charge in [-0.1, -0.05) is 12.1 Å². The first kappa shape index (κ1) is 18.2. The van der Waals surface area contributed by atoms with E-state index in [2.05, 4.69) is 22.0 Å². The van der Waals surface area contributed by atoms with E-state index in [1.807, 2.05) is 12.1 Å². The van der Waals surface area contributed by atoms with Gasteiger partial charge in [0.05, 0.1) is 24.1 Å². The molecule has 136 valence electrons. The summed E-state index contributed by atoms with van der Waals surface area (Å²) in [5.74, 6) is 1.31. The first-order valence-corrected chi connectivity index (χ1v) is 8.67. The van der Waals surface area contributed by atoms with Crippen molar-refractivity contribution in [1.29, 1.82) is 10.5 Å². The zero-order chi connectivity index (χ0) is 19.1. The van der Waals surface area contributed by atoms with Gasteiger partial charge in [-0.25, -0.2) is 4.98 Å². The van der Waals surface area contributed by atoms with Crippen LogP contribution in [0.2, 0.25) is 0 Å². The zero-order valence-electron chi connectivity index (χ0n) is 14.8. The van der Waals surface area contributed by atoms with E-state index in [1.165, 1.54) is 0 Å². The Labute approximate surface area is 158 Å². The molecule has 0 unspecified atom stereocenters. The van der Waals surface area contributed by atoms with Crippen LogP contribution in [0.1, 0.15) is 11.1 Å². The SMILES string of the molecule is N#CCc1ccc(OCC(=O)N2CCN(c3cc(C#N)ccn3)CC2)cc1. The Balaban J connectivity index is 1.48. The summed E-state index contributed by atoms with van der Waals surface area (Å²) in [6.07, 6.45) is 1.98. The van der Waals surface area contributed by atoms with Gasteiger partial charge < -0.3 is 14.5 Å². The number of pyridine rings is 1. The predicted molar refractivity (Wildman–Crippen MR) is 99.0 cm³/mol. The summed E-state index contributed by atoms with van der Waals surface area (Å²) in [5.41, 5.74) is 1.49. The van der Waals surface area contributed by atoms with Gasteiger partial charge in [0, 0.05) is 32.4 Å². The van der Waals surface area contributed by atoms with Gasteiger partial charge in [-0.15, -0.1) is 0 Å². The standard InChI is InChI=1S/C20H19N5O2/c21-7-5-16-1-3-18(4-2-16)27-15-20(26)25-11-9-24(10-12-25)19-13-17(14-22)6-8-23-19/h1-4,6,8,13H,5,9-12,15H2. The number of rotatable bonds is 5. The highest BCUT2D eigenvalue weighted by molar-refractivity contribution is 5.78. The van der Waals surface area contributed by atoms with E-state index < -0.39 is 0 Å². The second kappa shape index (κ2) is 8.68. The molecule has 0 spiro atoms. The number of anilines is 1. The molecule has 1 saturated heterocycles. The number of carbonyl (C=O) groups is 1. The third-order valence-corrected chi connectivity index (χ3v) is 4.40. The Morgan fingerprint density at radius 2 is 1.85 bits per heavy atom. The molecule has 7 heteroatoms. The molecule has 0 saturated carbocycles. The molecule has 3 rings (SSSR count). The minimum Gasteiger partial charge on any atom is -0.484 e. The Bertz CT molecular complexity index is 874. The topological polar surface area (TPSA) is 93.2 Å². The highest BCUT2D eigenvalue weighted by atomic mass is 16.5. The molecule has 7 nitrogen and oxygen atoms in total. The van der Waals surface area contributed by atoms with Crippen LogP contribution in [0.15, 0.2) is 42.6 Å². The summed E-state index contributed by atoms with van der Waals surface area (Å²) >= 11 is 0. The average Bonchev–Trinajstić information content (AvgIpc) is 2.73. The van der Waals surface area contributed by atoms with Gasteiger partial charge in [0.2, 0.25) is 0 Å². The fourth-order valence-corrected chi connectivity index (χ4v) is 2.88. The quantitative estimate of drug-likeness (QED) is 0.805. The lowest BCUT2D eigenvalue weighted by Crippen LogP contribution is -2.50. The molecule has 2 heterocycles. The lowest BCUT2D eigenvalue weighted by Gasteiger charge is -2.35. The molecule has 0 N–H and O–H groups in total. The number of aromatic nitrogens is 1. The lowest BCUT2D eigenvalue weighted by molar-refractivity contribution is -0.133. The van der Waals surface area contributed by atoms with Crippen molar-refractivity contribution in [3.8, 4) is 17.9 Å². The monoisotopic (exact) mass is 361 g/mol. The number of ether oxygens (including phenoxy) is 1. The van der Waals surface area contributed by atoms with Gasteiger partial charge in [-0.2, -0.15) is 10.5 Å². The minimum absolute atomic E-state index is 0.0141. The highest BCUT2D eigenvalue weighted by Gasteiger charge is 2.22. The van der Waals surface area contributed by atoms with Crippen molar-refractivity contribution < 1.29 is 9.53 Å². The van der Waals surface area contributed by atoms with Crippen molar-refractivity contribution >= 4 is 11.7 Å². The maximum atomic E-state index is 12.4. The highest BCUT2D eigenvalue weighted by Crippen LogP contribution is 2.16. The molecule has 0 radical (unpaired) electrons. The van der Waals surface area contributed by atoms with Crippen LogP contribution in [0, 0.1) is 22.7 Å². The lowest BCUT2D eigenvalue weighted by atomic mass is 10.2. The number of carbonyl (C=O) groups excluding carboxylic acids is 1. The molecule has 1 amide bonds. The fraction of sp³-hybridized carbons (Fsp3) is 0.300. The van der Waals surface area contributed by atoms with Crippen LogP contribution in [0.25, 0.3) is 0 Å². The molecular weight excluding hydrogens is 342 g/mol. The van der Waals surface area contributed by atoms with Gasteiger partial charge >= 0.3 is 0 Å². The van der Waals surface area contributed by atoms with E-state index in [0.29, 0.717) is 43.9 Å². The summed E-state index contributed by atoms with van der Waals surface area (Å²) in [6, 6.07) is 14.8. The first-order valence-electron chi connectivity index (χ1n) is 8.67. The second-order valence-electron chi connectivity index (χ2n) is 6.15. The molecule has 27 heavy (non-hydrogen) atoms. The third-order valence-electron chi connectivity index (χ3n) is 4.40. The third kappa shape index (κ3) is 4.74. The van der Waals surface area contributed by atoms with E-state index in [9.17, 15) is 4.79 Å². The van der Waals surface area contributed by atoms with E-state index in [0.717, 1.165) is 11.4 Å². The number of nitrogens with zero attached hydrogens (tertiary/aromatic N) is 5. The molecule has 1 fully saturated rings. The molecule has 1 aliphatic heterocycles. The van der Waals surface area contributed by atoms with E-state index in [4.69, 9.17) is 15.3 Å². The second-order valence-corrected chi connectivity index (χ2v) is 6.15. The van der Waals surface area contributed by atoms with Crippen LogP contribution in [0.5, 0.6) is 5.75 Å². The molecule has 0 bridgehead atoms. The predicted octanol–water partition coefficient (Wildman–Crippen LogP) is 1.75. The molecule has 0 aliphatic carbocycles. The van der Waals surface area contributed by atoms with Crippen LogP contribution >= 0.6 is 0 Å². The fourth-order valence-electron chi connectivity index (χ4n) is 2.88. The largest absolute Gasteiger partial charge is 0.484 e. The molecule has 2 aromatic rings. The number of hydrogen-bond donors (Lipinski definition) is 0. The Morgan fingerprint density at radius 1 is 1.11 bits per heavy atom. The number of nitriles is 2. The van der Waals surface area contributed by atoms with E-state index in [1.54, 1.807) is 35.4 Å². The number of benzene rings is 1. The van der Waals surface area contributed by atoms with E-state index in [-0.39, 0.29) is 12.5 Å². The van der Waals surface area contributed by atoms with Gasteiger partial charge in [0.1, 0.15) is 11.6 Å². The van der Waals surface area contributed by atoms with Gasteiger partial charge in [0.25, 0.3) is 5.91 Å². The molecule has 0 atom stereocenters. The van der Waals surface area contributed by atoms with Crippen molar-refractivity contribution in [3.05, 3.63) is 53.7 Å². The Morgan fingerprint density at radius 3 is 2.52 bits per heavy atom. The minimum atomic E-state index is -0.0607. The maximum Gasteiger partial charge on any atom is 0.260 e. The van der Waals surface area contributed by atoms with E-state index >= 15 is 0 Å². The summed E-state index contributed by atoms with van der Waals surface area (Å²) in [6.45, 7) is 2.48. The molecule has 1 aliphatic rings. The Hall–Kier alpha value is -3.58. The van der Waals surface area contributed by atoms with Crippen molar-refractivity contribution in [1.82, 2.24) is 9.88 Å². The zero-order valence-corrected chi connectivity index (χ0v) is 14.8. The summed E-state index contributed by atoms with van der Waals surface area (Å²) in [7, 11) is 0. The molecule has 1 aromatic carbocycles. The van der Waals surface area contributed by atoms with Crippen LogP contribution in [-0.4, -0.2) is 48.6 Å². The van der Waals surface area contributed by atoms with Crippen LogP contribution in [0.4, 0.5) is 5.82 Å². The number of hydrogen-bond acceptors (Lipinski definition) is 6. The molecular formula is C20H19N5O2. The van der Waals surface area contributed by atoms with Gasteiger partial charge in [-0.05, 0) is 29.8 Å². The summed E-state index contributed by atoms with van der Waals surface area (Å²) < 4.78 is 5.56. The van der Waals surface area contributed by atoms with Gasteiger partial charge in [0.15, 0.2) is 6.61 Å².